The van der Waals surface area contributed by atoms with Crippen LogP contribution in [0.3, 0.4) is 0 Å². The first-order valence-electron chi connectivity index (χ1n) is 9.36. The minimum atomic E-state index is -3.45. The number of benzene rings is 2. The van der Waals surface area contributed by atoms with E-state index >= 15 is 0 Å². The van der Waals surface area contributed by atoms with E-state index in [1.165, 1.54) is 4.31 Å². The lowest BCUT2D eigenvalue weighted by atomic mass is 10.1. The van der Waals surface area contributed by atoms with Gasteiger partial charge in [-0.05, 0) is 67.8 Å². The number of rotatable bonds is 10. The number of hydrogen-bond donors (Lipinski definition) is 1. The molecule has 0 heterocycles. The molecule has 0 spiro atoms. The van der Waals surface area contributed by atoms with Crippen molar-refractivity contribution in [3.05, 3.63) is 58.6 Å². The number of carbonyl (C=O) groups excluding carboxylic acids is 1. The van der Waals surface area contributed by atoms with Crippen molar-refractivity contribution >= 4 is 33.2 Å². The molecule has 0 aliphatic heterocycles. The molecule has 0 aliphatic rings. The minimum absolute atomic E-state index is 0.140. The molecule has 8 heteroatoms. The van der Waals surface area contributed by atoms with Gasteiger partial charge in [-0.25, -0.2) is 8.42 Å². The molecule has 158 valence electrons. The Kier molecular flexibility index (Phi) is 8.34. The van der Waals surface area contributed by atoms with Crippen LogP contribution in [0.15, 0.2) is 42.5 Å². The number of nitrogens with one attached hydrogen (secondary N) is 1. The topological polar surface area (TPSA) is 75.7 Å². The maximum absolute atomic E-state index is 12.1. The van der Waals surface area contributed by atoms with Crippen molar-refractivity contribution < 1.29 is 17.9 Å². The molecular weight excluding hydrogens is 412 g/mol. The van der Waals surface area contributed by atoms with Gasteiger partial charge < -0.3 is 10.1 Å². The third kappa shape index (κ3) is 7.95. The van der Waals surface area contributed by atoms with E-state index in [-0.39, 0.29) is 18.9 Å². The molecule has 0 saturated carbocycles. The van der Waals surface area contributed by atoms with Gasteiger partial charge in [0.05, 0.1) is 18.5 Å². The monoisotopic (exact) mass is 438 g/mol. The Labute approximate surface area is 177 Å². The maximum Gasteiger partial charge on any atom is 0.232 e. The van der Waals surface area contributed by atoms with Crippen LogP contribution in [0, 0.1) is 13.8 Å². The normalized spacial score (nSPS) is 11.2. The van der Waals surface area contributed by atoms with Gasteiger partial charge in [0.2, 0.25) is 15.9 Å². The Morgan fingerprint density at radius 1 is 1.10 bits per heavy atom. The van der Waals surface area contributed by atoms with E-state index in [1.54, 1.807) is 24.3 Å². The van der Waals surface area contributed by atoms with Gasteiger partial charge in [0.25, 0.3) is 0 Å². The Morgan fingerprint density at radius 2 is 1.72 bits per heavy atom. The van der Waals surface area contributed by atoms with Gasteiger partial charge in [0.15, 0.2) is 0 Å². The predicted molar refractivity (Wildman–Crippen MR) is 117 cm³/mol. The standard InChI is InChI=1S/C21H27ClN2O4S/c1-16-13-17(2)15-20(14-16)28-12-10-23-21(25)5-4-11-24(29(3,26)27)19-8-6-18(22)7-9-19/h6-9,13-15H,4-5,10-12H2,1-3H3,(H,23,25). The molecule has 0 saturated heterocycles. The fourth-order valence-electron chi connectivity index (χ4n) is 2.94. The van der Waals surface area contributed by atoms with E-state index in [4.69, 9.17) is 16.3 Å². The summed E-state index contributed by atoms with van der Waals surface area (Å²) in [5.41, 5.74) is 2.78. The van der Waals surface area contributed by atoms with Crippen molar-refractivity contribution in [2.75, 3.05) is 30.3 Å². The van der Waals surface area contributed by atoms with Gasteiger partial charge in [-0.1, -0.05) is 17.7 Å². The Bertz CT molecular complexity index is 910. The number of sulfonamides is 1. The molecule has 0 atom stereocenters. The number of aryl methyl sites for hydroxylation is 2. The molecule has 1 N–H and O–H groups in total. The Hall–Kier alpha value is -2.25. The SMILES string of the molecule is Cc1cc(C)cc(OCCNC(=O)CCCN(c2ccc(Cl)cc2)S(C)(=O)=O)c1. The van der Waals surface area contributed by atoms with Crippen molar-refractivity contribution in [1.29, 1.82) is 0 Å². The average Bonchev–Trinajstić information content (AvgIpc) is 2.62. The van der Waals surface area contributed by atoms with Gasteiger partial charge >= 0.3 is 0 Å². The second-order valence-corrected chi connectivity index (χ2v) is 9.28. The highest BCUT2D eigenvalue weighted by molar-refractivity contribution is 7.92. The molecule has 0 unspecified atom stereocenters. The third-order valence-corrected chi connectivity index (χ3v) is 5.61. The highest BCUT2D eigenvalue weighted by atomic mass is 35.5. The second kappa shape index (κ2) is 10.5. The summed E-state index contributed by atoms with van der Waals surface area (Å²) in [6.45, 7) is 4.98. The maximum atomic E-state index is 12.1. The first-order valence-corrected chi connectivity index (χ1v) is 11.6. The van der Waals surface area contributed by atoms with Crippen LogP contribution in [-0.2, 0) is 14.8 Å². The van der Waals surface area contributed by atoms with Crippen molar-refractivity contribution in [3.8, 4) is 5.75 Å². The summed E-state index contributed by atoms with van der Waals surface area (Å²) in [6.07, 6.45) is 1.77. The van der Waals surface area contributed by atoms with E-state index in [2.05, 4.69) is 11.4 Å². The summed E-state index contributed by atoms with van der Waals surface area (Å²) in [6, 6.07) is 12.5. The van der Waals surface area contributed by atoms with Crippen molar-refractivity contribution in [2.45, 2.75) is 26.7 Å². The largest absolute Gasteiger partial charge is 0.492 e. The molecule has 29 heavy (non-hydrogen) atoms. The van der Waals surface area contributed by atoms with Crippen molar-refractivity contribution in [2.24, 2.45) is 0 Å². The number of hydrogen-bond acceptors (Lipinski definition) is 4. The lowest BCUT2D eigenvalue weighted by Gasteiger charge is -2.22. The van der Waals surface area contributed by atoms with Crippen LogP contribution in [0.1, 0.15) is 24.0 Å². The molecule has 0 radical (unpaired) electrons. The van der Waals surface area contributed by atoms with Gasteiger partial charge in [-0.3, -0.25) is 9.10 Å². The van der Waals surface area contributed by atoms with E-state index in [0.717, 1.165) is 23.1 Å². The number of carbonyl (C=O) groups is 1. The zero-order chi connectivity index (χ0) is 21.4. The smallest absolute Gasteiger partial charge is 0.232 e. The van der Waals surface area contributed by atoms with Gasteiger partial charge in [0, 0.05) is 18.0 Å². The quantitative estimate of drug-likeness (QED) is 0.574. The van der Waals surface area contributed by atoms with Crippen LogP contribution in [0.5, 0.6) is 5.75 Å². The molecule has 2 aromatic rings. The number of ether oxygens (including phenoxy) is 1. The molecule has 0 aliphatic carbocycles. The van der Waals surface area contributed by atoms with Crippen LogP contribution in [-0.4, -0.2) is 40.3 Å². The van der Waals surface area contributed by atoms with Gasteiger partial charge in [-0.15, -0.1) is 0 Å². The van der Waals surface area contributed by atoms with Crippen LogP contribution in [0.25, 0.3) is 0 Å². The van der Waals surface area contributed by atoms with Crippen LogP contribution < -0.4 is 14.4 Å². The fourth-order valence-corrected chi connectivity index (χ4v) is 4.03. The molecular formula is C21H27ClN2O4S. The van der Waals surface area contributed by atoms with E-state index in [1.807, 2.05) is 26.0 Å². The number of nitrogens with zero attached hydrogens (tertiary/aromatic N) is 1. The molecule has 2 rings (SSSR count). The predicted octanol–water partition coefficient (Wildman–Crippen LogP) is 3.70. The third-order valence-electron chi connectivity index (χ3n) is 4.17. The molecule has 6 nitrogen and oxygen atoms in total. The molecule has 1 amide bonds. The number of anilines is 1. The molecule has 0 fully saturated rings. The van der Waals surface area contributed by atoms with Gasteiger partial charge in [-0.2, -0.15) is 0 Å². The number of halogens is 1. The first kappa shape index (κ1) is 23.0. The fraction of sp³-hybridized carbons (Fsp3) is 0.381. The lowest BCUT2D eigenvalue weighted by Crippen LogP contribution is -2.32. The van der Waals surface area contributed by atoms with Gasteiger partial charge in [0.1, 0.15) is 12.4 Å². The molecule has 2 aromatic carbocycles. The summed E-state index contributed by atoms with van der Waals surface area (Å²) >= 11 is 5.86. The van der Waals surface area contributed by atoms with E-state index in [0.29, 0.717) is 30.3 Å². The summed E-state index contributed by atoms with van der Waals surface area (Å²) in [4.78, 5) is 12.0. The summed E-state index contributed by atoms with van der Waals surface area (Å²) in [5.74, 6) is 0.641. The summed E-state index contributed by atoms with van der Waals surface area (Å²) < 4.78 is 31.1. The summed E-state index contributed by atoms with van der Waals surface area (Å²) in [7, 11) is -3.45. The zero-order valence-corrected chi connectivity index (χ0v) is 18.5. The zero-order valence-electron chi connectivity index (χ0n) is 16.9. The Balaban J connectivity index is 1.75. The van der Waals surface area contributed by atoms with Crippen molar-refractivity contribution in [3.63, 3.8) is 0 Å². The highest BCUT2D eigenvalue weighted by Gasteiger charge is 2.17. The van der Waals surface area contributed by atoms with Crippen LogP contribution in [0.4, 0.5) is 5.69 Å². The second-order valence-electron chi connectivity index (χ2n) is 6.94. The summed E-state index contributed by atoms with van der Waals surface area (Å²) in [5, 5.41) is 3.32. The highest BCUT2D eigenvalue weighted by Crippen LogP contribution is 2.21. The molecule has 0 aromatic heterocycles. The Morgan fingerprint density at radius 3 is 2.31 bits per heavy atom. The van der Waals surface area contributed by atoms with Crippen LogP contribution >= 0.6 is 11.6 Å². The van der Waals surface area contributed by atoms with E-state index in [9.17, 15) is 13.2 Å². The number of amides is 1. The minimum Gasteiger partial charge on any atom is -0.492 e. The first-order chi connectivity index (χ1) is 13.6. The lowest BCUT2D eigenvalue weighted by molar-refractivity contribution is -0.121. The van der Waals surface area contributed by atoms with E-state index < -0.39 is 10.0 Å². The average molecular weight is 439 g/mol. The van der Waals surface area contributed by atoms with Crippen molar-refractivity contribution in [1.82, 2.24) is 5.32 Å². The molecule has 0 bridgehead atoms. The van der Waals surface area contributed by atoms with Crippen LogP contribution in [0.2, 0.25) is 5.02 Å².